The zero-order chi connectivity index (χ0) is 15.4. The lowest BCUT2D eigenvalue weighted by atomic mass is 9.79. The summed E-state index contributed by atoms with van der Waals surface area (Å²) >= 11 is 0. The molecule has 1 fully saturated rings. The maximum Gasteiger partial charge on any atom is 0.251 e. The summed E-state index contributed by atoms with van der Waals surface area (Å²) in [6, 6.07) is 17.7. The maximum absolute atomic E-state index is 12.4. The second-order valence-electron chi connectivity index (χ2n) is 6.16. The van der Waals surface area contributed by atoms with Crippen molar-refractivity contribution in [3.05, 3.63) is 65.7 Å². The van der Waals surface area contributed by atoms with Crippen molar-refractivity contribution < 1.29 is 4.79 Å². The van der Waals surface area contributed by atoms with Gasteiger partial charge in [-0.3, -0.25) is 4.79 Å². The summed E-state index contributed by atoms with van der Waals surface area (Å²) in [7, 11) is 0. The van der Waals surface area contributed by atoms with Crippen LogP contribution in [0.2, 0.25) is 0 Å². The minimum atomic E-state index is -0.0468. The zero-order valence-corrected chi connectivity index (χ0v) is 13.9. The van der Waals surface area contributed by atoms with E-state index in [2.05, 4.69) is 29.6 Å². The molecule has 0 aromatic heterocycles. The van der Waals surface area contributed by atoms with Crippen LogP contribution in [0, 0.1) is 0 Å². The van der Waals surface area contributed by atoms with Crippen LogP contribution in [0.5, 0.6) is 0 Å². The Morgan fingerprint density at radius 3 is 2.39 bits per heavy atom. The van der Waals surface area contributed by atoms with Crippen LogP contribution in [0.15, 0.2) is 54.6 Å². The van der Waals surface area contributed by atoms with Gasteiger partial charge in [-0.25, -0.2) is 0 Å². The van der Waals surface area contributed by atoms with Crippen molar-refractivity contribution in [1.82, 2.24) is 5.32 Å². The Bertz CT molecular complexity index is 651. The Hall–Kier alpha value is -2.00. The summed E-state index contributed by atoms with van der Waals surface area (Å²) in [4.78, 5) is 12.4. The van der Waals surface area contributed by atoms with Crippen LogP contribution in [0.1, 0.15) is 41.6 Å². The minimum absolute atomic E-state index is 0. The van der Waals surface area contributed by atoms with Gasteiger partial charge in [-0.05, 0) is 36.6 Å². The molecule has 3 N–H and O–H groups in total. The van der Waals surface area contributed by atoms with E-state index in [1.807, 2.05) is 12.1 Å². The predicted octanol–water partition coefficient (Wildman–Crippen LogP) is 3.93. The highest BCUT2D eigenvalue weighted by molar-refractivity contribution is 5.95. The molecule has 1 saturated carbocycles. The van der Waals surface area contributed by atoms with Crippen LogP contribution in [0.3, 0.4) is 0 Å². The SMILES string of the molecule is Cl.Nc1cccc(C(=O)NCC2(c3ccccc3)CCCC2)c1. The fourth-order valence-electron chi connectivity index (χ4n) is 3.44. The van der Waals surface area contributed by atoms with Gasteiger partial charge in [-0.15, -0.1) is 12.4 Å². The molecule has 4 heteroatoms. The molecule has 0 radical (unpaired) electrons. The van der Waals surface area contributed by atoms with E-state index in [0.29, 0.717) is 17.8 Å². The summed E-state index contributed by atoms with van der Waals surface area (Å²) in [6.45, 7) is 0.685. The Balaban J connectivity index is 0.00000192. The highest BCUT2D eigenvalue weighted by Gasteiger charge is 2.35. The lowest BCUT2D eigenvalue weighted by molar-refractivity contribution is 0.0943. The molecule has 1 aliphatic carbocycles. The first kappa shape index (κ1) is 17.4. The lowest BCUT2D eigenvalue weighted by Gasteiger charge is -2.30. The number of nitrogens with one attached hydrogen (secondary N) is 1. The Morgan fingerprint density at radius 1 is 1.04 bits per heavy atom. The van der Waals surface area contributed by atoms with Gasteiger partial charge in [-0.1, -0.05) is 49.2 Å². The molecule has 2 aromatic carbocycles. The van der Waals surface area contributed by atoms with E-state index in [-0.39, 0.29) is 23.7 Å². The molecule has 0 atom stereocenters. The van der Waals surface area contributed by atoms with Crippen molar-refractivity contribution in [2.24, 2.45) is 0 Å². The van der Waals surface area contributed by atoms with Crippen molar-refractivity contribution >= 4 is 24.0 Å². The normalized spacial score (nSPS) is 15.7. The lowest BCUT2D eigenvalue weighted by Crippen LogP contribution is -2.39. The van der Waals surface area contributed by atoms with Gasteiger partial charge in [0.25, 0.3) is 5.91 Å². The van der Waals surface area contributed by atoms with Crippen LogP contribution >= 0.6 is 12.4 Å². The van der Waals surface area contributed by atoms with Gasteiger partial charge in [-0.2, -0.15) is 0 Å². The molecular weight excluding hydrogens is 308 g/mol. The Labute approximate surface area is 143 Å². The third-order valence-electron chi connectivity index (χ3n) is 4.68. The quantitative estimate of drug-likeness (QED) is 0.834. The molecule has 1 amide bonds. The first-order chi connectivity index (χ1) is 10.7. The number of nitrogen functional groups attached to an aromatic ring is 1. The van der Waals surface area contributed by atoms with Crippen molar-refractivity contribution in [2.45, 2.75) is 31.1 Å². The van der Waals surface area contributed by atoms with Gasteiger partial charge >= 0.3 is 0 Å². The average molecular weight is 331 g/mol. The van der Waals surface area contributed by atoms with Gasteiger partial charge in [0.2, 0.25) is 0 Å². The number of anilines is 1. The number of halogens is 1. The fourth-order valence-corrected chi connectivity index (χ4v) is 3.44. The van der Waals surface area contributed by atoms with Gasteiger partial charge in [0.15, 0.2) is 0 Å². The van der Waals surface area contributed by atoms with Crippen LogP contribution in [0.4, 0.5) is 5.69 Å². The summed E-state index contributed by atoms with van der Waals surface area (Å²) in [5.74, 6) is -0.0468. The van der Waals surface area contributed by atoms with Crippen LogP contribution < -0.4 is 11.1 Å². The number of hydrogen-bond acceptors (Lipinski definition) is 2. The number of carbonyl (C=O) groups is 1. The average Bonchev–Trinajstić information content (AvgIpc) is 3.04. The van der Waals surface area contributed by atoms with E-state index in [1.54, 1.807) is 18.2 Å². The van der Waals surface area contributed by atoms with Crippen molar-refractivity contribution in [1.29, 1.82) is 0 Å². The number of rotatable bonds is 4. The van der Waals surface area contributed by atoms with E-state index >= 15 is 0 Å². The Morgan fingerprint density at radius 2 is 1.74 bits per heavy atom. The standard InChI is InChI=1S/C19H22N2O.ClH/c20-17-10-6-7-15(13-17)18(22)21-14-19(11-4-5-12-19)16-8-2-1-3-9-16;/h1-3,6-10,13H,4-5,11-12,14,20H2,(H,21,22);1H. The van der Waals surface area contributed by atoms with Crippen LogP contribution in [-0.2, 0) is 5.41 Å². The largest absolute Gasteiger partial charge is 0.399 e. The summed E-state index contributed by atoms with van der Waals surface area (Å²) in [5, 5.41) is 3.11. The molecule has 1 aliphatic rings. The molecule has 0 saturated heterocycles. The topological polar surface area (TPSA) is 55.1 Å². The molecule has 0 aliphatic heterocycles. The molecule has 3 nitrogen and oxygen atoms in total. The van der Waals surface area contributed by atoms with E-state index in [9.17, 15) is 4.79 Å². The second kappa shape index (κ2) is 7.51. The zero-order valence-electron chi connectivity index (χ0n) is 13.1. The number of hydrogen-bond donors (Lipinski definition) is 2. The summed E-state index contributed by atoms with van der Waals surface area (Å²) in [6.07, 6.45) is 4.72. The van der Waals surface area contributed by atoms with E-state index in [4.69, 9.17) is 5.73 Å². The maximum atomic E-state index is 12.4. The molecule has 122 valence electrons. The molecule has 0 unspecified atom stereocenters. The number of benzene rings is 2. The third kappa shape index (κ3) is 3.85. The molecule has 3 rings (SSSR count). The molecular formula is C19H23ClN2O. The van der Waals surface area contributed by atoms with Gasteiger partial charge < -0.3 is 11.1 Å². The molecule has 23 heavy (non-hydrogen) atoms. The first-order valence-electron chi connectivity index (χ1n) is 7.89. The third-order valence-corrected chi connectivity index (χ3v) is 4.68. The smallest absolute Gasteiger partial charge is 0.251 e. The van der Waals surface area contributed by atoms with E-state index < -0.39 is 0 Å². The van der Waals surface area contributed by atoms with Crippen molar-refractivity contribution in [3.63, 3.8) is 0 Å². The Kier molecular flexibility index (Phi) is 5.67. The van der Waals surface area contributed by atoms with E-state index in [1.165, 1.54) is 18.4 Å². The number of amides is 1. The molecule has 0 bridgehead atoms. The molecule has 0 spiro atoms. The molecule has 0 heterocycles. The van der Waals surface area contributed by atoms with Crippen molar-refractivity contribution in [2.75, 3.05) is 12.3 Å². The minimum Gasteiger partial charge on any atom is -0.399 e. The van der Waals surface area contributed by atoms with Crippen molar-refractivity contribution in [3.8, 4) is 0 Å². The molecule has 2 aromatic rings. The summed E-state index contributed by atoms with van der Waals surface area (Å²) < 4.78 is 0. The van der Waals surface area contributed by atoms with Crippen LogP contribution in [0.25, 0.3) is 0 Å². The highest BCUT2D eigenvalue weighted by atomic mass is 35.5. The monoisotopic (exact) mass is 330 g/mol. The van der Waals surface area contributed by atoms with Gasteiger partial charge in [0, 0.05) is 23.2 Å². The highest BCUT2D eigenvalue weighted by Crippen LogP contribution is 2.40. The van der Waals surface area contributed by atoms with Gasteiger partial charge in [0.05, 0.1) is 0 Å². The number of nitrogens with two attached hydrogens (primary N) is 1. The van der Waals surface area contributed by atoms with Crippen LogP contribution in [-0.4, -0.2) is 12.5 Å². The first-order valence-corrected chi connectivity index (χ1v) is 7.89. The summed E-state index contributed by atoms with van der Waals surface area (Å²) in [5.41, 5.74) is 8.41. The van der Waals surface area contributed by atoms with E-state index in [0.717, 1.165) is 12.8 Å². The second-order valence-corrected chi connectivity index (χ2v) is 6.16. The number of carbonyl (C=O) groups excluding carboxylic acids is 1. The fraction of sp³-hybridized carbons (Fsp3) is 0.316. The predicted molar refractivity (Wildman–Crippen MR) is 97.0 cm³/mol. The van der Waals surface area contributed by atoms with Gasteiger partial charge in [0.1, 0.15) is 0 Å².